The second kappa shape index (κ2) is 3.92. The molecule has 0 saturated heterocycles. The molecule has 0 amide bonds. The van der Waals surface area contributed by atoms with E-state index in [9.17, 15) is 13.6 Å². The summed E-state index contributed by atoms with van der Waals surface area (Å²) in [6.07, 6.45) is -0.820. The molecule has 14 heavy (non-hydrogen) atoms. The van der Waals surface area contributed by atoms with Crippen molar-refractivity contribution in [3.8, 4) is 0 Å². The zero-order valence-corrected chi connectivity index (χ0v) is 7.76. The van der Waals surface area contributed by atoms with Crippen molar-refractivity contribution >= 4 is 17.6 Å². The summed E-state index contributed by atoms with van der Waals surface area (Å²) in [5.74, 6) is -5.85. The lowest BCUT2D eigenvalue weighted by atomic mass is 10.1. The number of carboxylic acids is 1. The lowest BCUT2D eigenvalue weighted by Gasteiger charge is -2.10. The van der Waals surface area contributed by atoms with Crippen molar-refractivity contribution in [3.63, 3.8) is 0 Å². The largest absolute Gasteiger partial charge is 0.477 e. The SMILES string of the molecule is O=C(O)C(F)(F)Cc1ccc(Cl)cc1. The molecule has 0 aliphatic rings. The summed E-state index contributed by atoms with van der Waals surface area (Å²) in [5.41, 5.74) is 0.238. The first kappa shape index (κ1) is 10.9. The average Bonchev–Trinajstić information content (AvgIpc) is 2.08. The number of aliphatic carboxylic acids is 1. The molecular weight excluding hydrogens is 214 g/mol. The number of carbonyl (C=O) groups is 1. The summed E-state index contributed by atoms with van der Waals surface area (Å²) in [7, 11) is 0. The van der Waals surface area contributed by atoms with Crippen molar-refractivity contribution in [2.75, 3.05) is 0 Å². The molecule has 0 aliphatic carbocycles. The standard InChI is InChI=1S/C9H7ClF2O2/c10-7-3-1-6(2-4-7)5-9(11,12)8(13)14/h1-4H,5H2,(H,13,14). The highest BCUT2D eigenvalue weighted by Gasteiger charge is 2.38. The molecule has 0 fully saturated rings. The molecule has 0 saturated carbocycles. The predicted molar refractivity (Wildman–Crippen MR) is 47.7 cm³/mol. The van der Waals surface area contributed by atoms with Gasteiger partial charge in [-0.25, -0.2) is 4.79 Å². The maximum atomic E-state index is 12.7. The quantitative estimate of drug-likeness (QED) is 0.850. The topological polar surface area (TPSA) is 37.3 Å². The molecule has 1 aromatic carbocycles. The van der Waals surface area contributed by atoms with Crippen molar-refractivity contribution in [2.45, 2.75) is 12.3 Å². The van der Waals surface area contributed by atoms with Gasteiger partial charge in [-0.2, -0.15) is 8.78 Å². The van der Waals surface area contributed by atoms with Crippen LogP contribution in [0.1, 0.15) is 5.56 Å². The van der Waals surface area contributed by atoms with E-state index in [-0.39, 0.29) is 5.56 Å². The smallest absolute Gasteiger partial charge is 0.374 e. The van der Waals surface area contributed by atoms with E-state index in [0.717, 1.165) is 0 Å². The fourth-order valence-corrected chi connectivity index (χ4v) is 1.06. The van der Waals surface area contributed by atoms with Gasteiger partial charge in [0.2, 0.25) is 0 Å². The van der Waals surface area contributed by atoms with Gasteiger partial charge in [0.05, 0.1) is 0 Å². The van der Waals surface area contributed by atoms with Crippen LogP contribution in [-0.2, 0) is 11.2 Å². The molecule has 5 heteroatoms. The van der Waals surface area contributed by atoms with Gasteiger partial charge in [-0.05, 0) is 17.7 Å². The van der Waals surface area contributed by atoms with Crippen LogP contribution in [0.4, 0.5) is 8.78 Å². The van der Waals surface area contributed by atoms with Crippen LogP contribution in [0.25, 0.3) is 0 Å². The van der Waals surface area contributed by atoms with Gasteiger partial charge in [0.15, 0.2) is 0 Å². The number of halogens is 3. The summed E-state index contributed by atoms with van der Waals surface area (Å²) in [6.45, 7) is 0. The van der Waals surface area contributed by atoms with Crippen LogP contribution in [-0.4, -0.2) is 17.0 Å². The molecular formula is C9H7ClF2O2. The summed E-state index contributed by atoms with van der Waals surface area (Å²) in [6, 6.07) is 5.63. The second-order valence-electron chi connectivity index (χ2n) is 2.81. The molecule has 0 aromatic heterocycles. The van der Waals surface area contributed by atoms with Crippen molar-refractivity contribution in [2.24, 2.45) is 0 Å². The van der Waals surface area contributed by atoms with E-state index in [1.807, 2.05) is 0 Å². The average molecular weight is 221 g/mol. The molecule has 0 atom stereocenters. The molecule has 0 aliphatic heterocycles. The molecule has 76 valence electrons. The zero-order valence-electron chi connectivity index (χ0n) is 7.01. The minimum Gasteiger partial charge on any atom is -0.477 e. The first-order chi connectivity index (χ1) is 6.42. The highest BCUT2D eigenvalue weighted by atomic mass is 35.5. The Morgan fingerprint density at radius 2 is 1.86 bits per heavy atom. The van der Waals surface area contributed by atoms with E-state index in [2.05, 4.69) is 0 Å². The fourth-order valence-electron chi connectivity index (χ4n) is 0.934. The number of alkyl halides is 2. The first-order valence-corrected chi connectivity index (χ1v) is 4.15. The predicted octanol–water partition coefficient (Wildman–Crippen LogP) is 2.60. The summed E-state index contributed by atoms with van der Waals surface area (Å²) in [4.78, 5) is 10.1. The molecule has 0 unspecified atom stereocenters. The Labute approximate surface area is 84.1 Å². The minimum absolute atomic E-state index is 0.238. The Bertz CT molecular complexity index is 335. The maximum Gasteiger partial charge on any atom is 0.374 e. The van der Waals surface area contributed by atoms with Crippen molar-refractivity contribution in [1.29, 1.82) is 0 Å². The van der Waals surface area contributed by atoms with E-state index >= 15 is 0 Å². The van der Waals surface area contributed by atoms with E-state index in [1.54, 1.807) is 0 Å². The number of hydrogen-bond donors (Lipinski definition) is 1. The first-order valence-electron chi connectivity index (χ1n) is 3.77. The van der Waals surface area contributed by atoms with Crippen molar-refractivity contribution in [3.05, 3.63) is 34.9 Å². The van der Waals surface area contributed by atoms with Crippen molar-refractivity contribution < 1.29 is 18.7 Å². The van der Waals surface area contributed by atoms with Gasteiger partial charge in [0.1, 0.15) is 0 Å². The van der Waals surface area contributed by atoms with Crippen LogP contribution in [0.5, 0.6) is 0 Å². The molecule has 2 nitrogen and oxygen atoms in total. The van der Waals surface area contributed by atoms with Gasteiger partial charge < -0.3 is 5.11 Å². The third kappa shape index (κ3) is 2.67. The third-order valence-electron chi connectivity index (χ3n) is 1.65. The molecule has 1 rings (SSSR count). The third-order valence-corrected chi connectivity index (χ3v) is 1.90. The Balaban J connectivity index is 2.79. The van der Waals surface area contributed by atoms with Gasteiger partial charge in [-0.15, -0.1) is 0 Å². The van der Waals surface area contributed by atoms with Gasteiger partial charge in [-0.3, -0.25) is 0 Å². The zero-order chi connectivity index (χ0) is 10.8. The highest BCUT2D eigenvalue weighted by Crippen LogP contribution is 2.21. The Kier molecular flexibility index (Phi) is 3.06. The number of carboxylic acid groups (broad SMARTS) is 1. The molecule has 1 N–H and O–H groups in total. The number of rotatable bonds is 3. The van der Waals surface area contributed by atoms with Gasteiger partial charge >= 0.3 is 11.9 Å². The van der Waals surface area contributed by atoms with Crippen LogP contribution >= 0.6 is 11.6 Å². The van der Waals surface area contributed by atoms with E-state index in [4.69, 9.17) is 16.7 Å². The van der Waals surface area contributed by atoms with Crippen LogP contribution in [0.2, 0.25) is 5.02 Å². The number of hydrogen-bond acceptors (Lipinski definition) is 1. The normalized spacial score (nSPS) is 11.4. The van der Waals surface area contributed by atoms with Crippen LogP contribution in [0.3, 0.4) is 0 Å². The van der Waals surface area contributed by atoms with Crippen LogP contribution in [0, 0.1) is 0 Å². The molecule has 0 heterocycles. The van der Waals surface area contributed by atoms with Crippen molar-refractivity contribution in [1.82, 2.24) is 0 Å². The van der Waals surface area contributed by atoms with E-state index in [0.29, 0.717) is 5.02 Å². The molecule has 1 aromatic rings. The van der Waals surface area contributed by atoms with E-state index < -0.39 is 18.3 Å². The van der Waals surface area contributed by atoms with Gasteiger partial charge in [0.25, 0.3) is 0 Å². The summed E-state index contributed by atoms with van der Waals surface area (Å²) >= 11 is 5.54. The lowest BCUT2D eigenvalue weighted by Crippen LogP contribution is -2.30. The second-order valence-corrected chi connectivity index (χ2v) is 3.25. The Hall–Kier alpha value is -1.16. The van der Waals surface area contributed by atoms with Gasteiger partial charge in [-0.1, -0.05) is 23.7 Å². The monoisotopic (exact) mass is 220 g/mol. The molecule has 0 spiro atoms. The van der Waals surface area contributed by atoms with Gasteiger partial charge in [0, 0.05) is 11.4 Å². The molecule has 0 radical (unpaired) electrons. The van der Waals surface area contributed by atoms with Crippen LogP contribution < -0.4 is 0 Å². The lowest BCUT2D eigenvalue weighted by molar-refractivity contribution is -0.164. The number of benzene rings is 1. The summed E-state index contributed by atoms with van der Waals surface area (Å²) < 4.78 is 25.4. The fraction of sp³-hybridized carbons (Fsp3) is 0.222. The molecule has 0 bridgehead atoms. The van der Waals surface area contributed by atoms with E-state index in [1.165, 1.54) is 24.3 Å². The van der Waals surface area contributed by atoms with Crippen LogP contribution in [0.15, 0.2) is 24.3 Å². The maximum absolute atomic E-state index is 12.7. The minimum atomic E-state index is -3.73. The Morgan fingerprint density at radius 3 is 2.29 bits per heavy atom. The Morgan fingerprint density at radius 1 is 1.36 bits per heavy atom. The summed E-state index contributed by atoms with van der Waals surface area (Å²) in [5, 5.41) is 8.60. The highest BCUT2D eigenvalue weighted by molar-refractivity contribution is 6.30.